The van der Waals surface area contributed by atoms with Crippen LogP contribution < -0.4 is 20.9 Å². The van der Waals surface area contributed by atoms with Crippen molar-refractivity contribution in [1.29, 1.82) is 0 Å². The molecule has 0 spiro atoms. The van der Waals surface area contributed by atoms with Crippen molar-refractivity contribution in [2.45, 2.75) is 121 Å². The monoisotopic (exact) mass is 1100 g/mol. The van der Waals surface area contributed by atoms with Gasteiger partial charge in [-0.15, -0.1) is 0 Å². The second-order valence-corrected chi connectivity index (χ2v) is 27.3. The van der Waals surface area contributed by atoms with Gasteiger partial charge in [-0.05, 0) is 40.4 Å². The third-order valence-electron chi connectivity index (χ3n) is 14.7. The summed E-state index contributed by atoms with van der Waals surface area (Å²) in [6.07, 6.45) is -4.32. The van der Waals surface area contributed by atoms with Crippen molar-refractivity contribution >= 4 is 33.3 Å². The van der Waals surface area contributed by atoms with Crippen molar-refractivity contribution in [3.8, 4) is 5.88 Å². The first-order valence-electron chi connectivity index (χ1n) is 25.9. The van der Waals surface area contributed by atoms with Crippen LogP contribution in [0.4, 0.5) is 5.95 Å². The van der Waals surface area contributed by atoms with Gasteiger partial charge in [0, 0.05) is 39.6 Å². The number of imidazole rings is 1. The topological polar surface area (TPSA) is 200 Å². The smallest absolute Gasteiger partial charge is 0.471 e. The van der Waals surface area contributed by atoms with E-state index in [4.69, 9.17) is 61.4 Å². The van der Waals surface area contributed by atoms with Crippen LogP contribution in [0.15, 0.2) is 150 Å². The number of nitrogens with zero attached hydrogens (tertiary/aromatic N) is 7. The van der Waals surface area contributed by atoms with E-state index in [-0.39, 0.29) is 44.1 Å². The van der Waals surface area contributed by atoms with Crippen molar-refractivity contribution in [3.05, 3.63) is 183 Å². The fraction of sp³-hybridized carbons (Fsp3) is 0.411. The van der Waals surface area contributed by atoms with E-state index in [1.54, 1.807) is 18.0 Å². The summed E-state index contributed by atoms with van der Waals surface area (Å²) in [5.41, 5.74) is 3.50. The summed E-state index contributed by atoms with van der Waals surface area (Å²) < 4.78 is 82.0. The Morgan fingerprint density at radius 3 is 1.92 bits per heavy atom. The molecule has 0 saturated carbocycles. The van der Waals surface area contributed by atoms with Gasteiger partial charge >= 0.3 is 13.5 Å². The van der Waals surface area contributed by atoms with Crippen LogP contribution >= 0.6 is 7.82 Å². The molecular formula is C56H66N7O13PSi. The van der Waals surface area contributed by atoms with Crippen LogP contribution in [-0.2, 0) is 79.3 Å². The van der Waals surface area contributed by atoms with Gasteiger partial charge in [-0.3, -0.25) is 27.5 Å². The molecule has 3 aliphatic rings. The van der Waals surface area contributed by atoms with E-state index in [0.717, 1.165) is 26.8 Å². The molecule has 4 aromatic carbocycles. The number of methoxy groups -OCH3 is 2. The molecule has 3 aromatic heterocycles. The zero-order chi connectivity index (χ0) is 54.6. The van der Waals surface area contributed by atoms with E-state index in [9.17, 15) is 14.2 Å². The van der Waals surface area contributed by atoms with Crippen LogP contribution in [0.3, 0.4) is 0 Å². The van der Waals surface area contributed by atoms with Gasteiger partial charge in [-0.1, -0.05) is 142 Å². The predicted molar refractivity (Wildman–Crippen MR) is 291 cm³/mol. The number of anilines is 1. The molecule has 9 atom stereocenters. The Bertz CT molecular complexity index is 3250. The van der Waals surface area contributed by atoms with Gasteiger partial charge in [-0.25, -0.2) is 18.9 Å². The third kappa shape index (κ3) is 12.0. The minimum Gasteiger partial charge on any atom is -0.471 e. The second kappa shape index (κ2) is 23.6. The highest BCUT2D eigenvalue weighted by atomic mass is 31.2. The predicted octanol–water partition coefficient (Wildman–Crippen LogP) is 8.57. The molecule has 0 radical (unpaired) electrons. The minimum absolute atomic E-state index is 0.181. The van der Waals surface area contributed by atoms with E-state index in [1.165, 1.54) is 23.9 Å². The van der Waals surface area contributed by atoms with Gasteiger partial charge in [-0.2, -0.15) is 9.97 Å². The Hall–Kier alpha value is -6.20. The van der Waals surface area contributed by atoms with Crippen molar-refractivity contribution in [2.75, 3.05) is 32.3 Å². The maximum Gasteiger partial charge on any atom is 0.475 e. The highest BCUT2D eigenvalue weighted by Gasteiger charge is 2.56. The SMILES string of the molecule is CO[C@@H]1[C@@H]2O[P@](=O)(OC[C@H]3O[C@@H](n4cnc5c(OCc6ccccc6)nc(N(Cc6ccccc6)Cc6ccccc6)nc54)[C@H](OC)[C@@H]3O[Si](C)(C)C(C)(C)C)OC[C@H]2O[C@H]1n1ccc(=O)n(COCc2ccccc2)c1=O. The summed E-state index contributed by atoms with van der Waals surface area (Å²) in [4.78, 5) is 44.1. The lowest BCUT2D eigenvalue weighted by molar-refractivity contribution is -0.0844. The lowest BCUT2D eigenvalue weighted by Crippen LogP contribution is -2.50. The molecule has 0 bridgehead atoms. The number of hydrogen-bond acceptors (Lipinski definition) is 17. The molecule has 3 fully saturated rings. The largest absolute Gasteiger partial charge is 0.475 e. The molecule has 78 heavy (non-hydrogen) atoms. The number of phosphoric acid groups is 1. The summed E-state index contributed by atoms with van der Waals surface area (Å²) in [6.45, 7) is 11.2. The van der Waals surface area contributed by atoms with Crippen LogP contribution in [0.5, 0.6) is 5.88 Å². The first-order chi connectivity index (χ1) is 37.6. The lowest BCUT2D eigenvalue weighted by Gasteiger charge is -2.40. The Balaban J connectivity index is 0.937. The molecule has 0 amide bonds. The number of phosphoric ester groups is 1. The van der Waals surface area contributed by atoms with Gasteiger partial charge in [0.2, 0.25) is 11.8 Å². The van der Waals surface area contributed by atoms with Gasteiger partial charge in [0.05, 0.1) is 26.1 Å². The van der Waals surface area contributed by atoms with Crippen LogP contribution in [0.1, 0.15) is 55.5 Å². The van der Waals surface area contributed by atoms with Gasteiger partial charge in [0.25, 0.3) is 5.56 Å². The fourth-order valence-electron chi connectivity index (χ4n) is 9.51. The van der Waals surface area contributed by atoms with Gasteiger partial charge in [0.1, 0.15) is 50.0 Å². The maximum atomic E-state index is 14.7. The number of ether oxygens (including phenoxy) is 6. The summed E-state index contributed by atoms with van der Waals surface area (Å²) >= 11 is 0. The standard InChI is InChI=1S/C56H66N7O13PSi/c1-56(2,3)78(6,7)76-47-43(35-72-77(66)71-34-42-46(75-77)48(67-4)52(73-42)61-29-28-44(64)63(55(61)65)37-69-32-40-24-16-10-17-25-40)74-53(49(47)68-5)62-36-57-45-50(62)58-54(59-51(45)70-33-41-26-18-11-19-27-41)60(30-38-20-12-8-13-21-38)31-39-22-14-9-15-23-39/h8-29,36,42-43,46-49,52-53H,30-35,37H2,1-7H3/t42-,43-,46-,47-,48-,49-,52-,53-,77+/m1/s1. The van der Waals surface area contributed by atoms with Crippen molar-refractivity contribution in [1.82, 2.24) is 28.7 Å². The molecule has 7 aromatic rings. The second-order valence-electron chi connectivity index (χ2n) is 21.0. The maximum absolute atomic E-state index is 14.7. The molecular weight excluding hydrogens is 1040 g/mol. The zero-order valence-corrected chi connectivity index (χ0v) is 46.6. The molecule has 0 unspecified atom stereocenters. The van der Waals surface area contributed by atoms with E-state index in [1.807, 2.05) is 97.1 Å². The van der Waals surface area contributed by atoms with Crippen molar-refractivity contribution in [2.24, 2.45) is 0 Å². The number of benzene rings is 4. The number of aromatic nitrogens is 6. The van der Waals surface area contributed by atoms with Crippen molar-refractivity contribution < 1.29 is 51.0 Å². The van der Waals surface area contributed by atoms with E-state index in [0.29, 0.717) is 30.2 Å². The molecule has 412 valence electrons. The van der Waals surface area contributed by atoms with Crippen LogP contribution in [0.2, 0.25) is 18.1 Å². The summed E-state index contributed by atoms with van der Waals surface area (Å²) in [6, 6.07) is 40.7. The Labute approximate surface area is 453 Å². The minimum atomic E-state index is -4.40. The van der Waals surface area contributed by atoms with E-state index in [2.05, 4.69) is 63.0 Å². The molecule has 3 aliphatic heterocycles. The normalized spacial score (nSPS) is 24.3. The Morgan fingerprint density at radius 2 is 1.32 bits per heavy atom. The van der Waals surface area contributed by atoms with E-state index >= 15 is 0 Å². The van der Waals surface area contributed by atoms with E-state index < -0.39 is 76.5 Å². The summed E-state index contributed by atoms with van der Waals surface area (Å²) in [5, 5.41) is -0.236. The average Bonchev–Trinajstić information content (AvgIpc) is 4.33. The first-order valence-corrected chi connectivity index (χ1v) is 30.3. The molecule has 20 nitrogen and oxygen atoms in total. The van der Waals surface area contributed by atoms with Crippen molar-refractivity contribution in [3.63, 3.8) is 0 Å². The van der Waals surface area contributed by atoms with Gasteiger partial charge in [0.15, 0.2) is 31.9 Å². The third-order valence-corrected chi connectivity index (χ3v) is 20.6. The first kappa shape index (κ1) is 55.1. The average molecular weight is 1100 g/mol. The summed E-state index contributed by atoms with van der Waals surface area (Å²) in [7, 11) is -3.98. The Kier molecular flexibility index (Phi) is 16.7. The lowest BCUT2D eigenvalue weighted by atomic mass is 10.1. The number of hydrogen-bond donors (Lipinski definition) is 0. The molecule has 6 heterocycles. The molecule has 0 N–H and O–H groups in total. The molecule has 10 rings (SSSR count). The summed E-state index contributed by atoms with van der Waals surface area (Å²) in [5.74, 6) is 0.676. The molecule has 22 heteroatoms. The zero-order valence-electron chi connectivity index (χ0n) is 44.7. The molecule has 3 saturated heterocycles. The fourth-order valence-corrected chi connectivity index (χ4v) is 12.2. The highest BCUT2D eigenvalue weighted by molar-refractivity contribution is 7.48. The van der Waals surface area contributed by atoms with Gasteiger partial charge < -0.3 is 37.7 Å². The van der Waals surface area contributed by atoms with Crippen LogP contribution in [0.25, 0.3) is 11.2 Å². The highest BCUT2D eigenvalue weighted by Crippen LogP contribution is 2.57. The quantitative estimate of drug-likeness (QED) is 0.0489. The molecule has 0 aliphatic carbocycles. The van der Waals surface area contributed by atoms with Crippen LogP contribution in [0, 0.1) is 0 Å². The number of fused-ring (bicyclic) bond motifs is 2. The van der Waals surface area contributed by atoms with Crippen LogP contribution in [-0.4, -0.2) is 101 Å². The number of rotatable bonds is 21. The Morgan fingerprint density at radius 1 is 0.731 bits per heavy atom.